The summed E-state index contributed by atoms with van der Waals surface area (Å²) in [5.74, 6) is -0.578. The van der Waals surface area contributed by atoms with E-state index >= 15 is 0 Å². The number of hydrogen-bond acceptors (Lipinski definition) is 3. The van der Waals surface area contributed by atoms with E-state index in [9.17, 15) is 14.4 Å². The van der Waals surface area contributed by atoms with Gasteiger partial charge in [0.2, 0.25) is 5.91 Å². The first-order chi connectivity index (χ1) is 13.9. The van der Waals surface area contributed by atoms with Crippen LogP contribution in [0.2, 0.25) is 0 Å². The van der Waals surface area contributed by atoms with E-state index in [1.54, 1.807) is 24.3 Å². The van der Waals surface area contributed by atoms with Crippen molar-refractivity contribution in [2.24, 2.45) is 0 Å². The predicted octanol–water partition coefficient (Wildman–Crippen LogP) is 3.16. The van der Waals surface area contributed by atoms with Crippen LogP contribution in [0.25, 0.3) is 10.9 Å². The van der Waals surface area contributed by atoms with E-state index < -0.39 is 6.03 Å². The number of benzene rings is 2. The predicted molar refractivity (Wildman–Crippen MR) is 111 cm³/mol. The highest BCUT2D eigenvalue weighted by atomic mass is 16.2. The zero-order valence-corrected chi connectivity index (χ0v) is 16.3. The number of nitrogens with one attached hydrogen (secondary N) is 3. The van der Waals surface area contributed by atoms with E-state index in [2.05, 4.69) is 28.6 Å². The number of rotatable bonds is 4. The summed E-state index contributed by atoms with van der Waals surface area (Å²) in [5.41, 5.74) is 5.28. The van der Waals surface area contributed by atoms with Gasteiger partial charge < -0.3 is 10.3 Å². The number of hydrogen-bond donors (Lipinski definition) is 3. The van der Waals surface area contributed by atoms with E-state index in [1.165, 1.54) is 10.5 Å². The molecule has 2 heterocycles. The Hall–Kier alpha value is -3.61. The second-order valence-electron chi connectivity index (χ2n) is 7.21. The molecule has 148 valence electrons. The Balaban J connectivity index is 1.53. The highest BCUT2D eigenvalue weighted by Gasteiger charge is 2.27. The van der Waals surface area contributed by atoms with Gasteiger partial charge in [-0.2, -0.15) is 0 Å². The zero-order chi connectivity index (χ0) is 20.5. The van der Waals surface area contributed by atoms with Crippen LogP contribution >= 0.6 is 0 Å². The molecule has 7 nitrogen and oxygen atoms in total. The summed E-state index contributed by atoms with van der Waals surface area (Å²) in [5, 5.41) is 6.37. The summed E-state index contributed by atoms with van der Waals surface area (Å²) in [6.07, 6.45) is 0.205. The second-order valence-corrected chi connectivity index (χ2v) is 7.21. The Bertz CT molecular complexity index is 1130. The Morgan fingerprint density at radius 2 is 1.93 bits per heavy atom. The largest absolute Gasteiger partial charge is 0.358 e. The van der Waals surface area contributed by atoms with Gasteiger partial charge in [0.1, 0.15) is 0 Å². The van der Waals surface area contributed by atoms with Crippen molar-refractivity contribution in [1.29, 1.82) is 0 Å². The molecule has 0 bridgehead atoms. The molecule has 1 aliphatic heterocycles. The first-order valence-corrected chi connectivity index (χ1v) is 9.50. The standard InChI is InChI=1S/C22H22N4O3/c1-13-14(2)24-18-8-7-15(11-17(13)18)12-23-21(28)16-5-3-4-6-19(16)26-10-9-20(27)25-22(26)29/h3-8,11,24H,9-10,12H2,1-2H3,(H,23,28)(H,25,27,29). The van der Waals surface area contributed by atoms with Crippen LogP contribution in [-0.2, 0) is 11.3 Å². The lowest BCUT2D eigenvalue weighted by molar-refractivity contribution is -0.120. The summed E-state index contributed by atoms with van der Waals surface area (Å²) in [6.45, 7) is 4.73. The number of aromatic nitrogens is 1. The molecule has 0 spiro atoms. The van der Waals surface area contributed by atoms with E-state index in [4.69, 9.17) is 0 Å². The first kappa shape index (κ1) is 18.7. The van der Waals surface area contributed by atoms with Gasteiger partial charge in [0.05, 0.1) is 11.3 Å². The number of anilines is 1. The minimum Gasteiger partial charge on any atom is -0.358 e. The number of para-hydroxylation sites is 1. The van der Waals surface area contributed by atoms with Gasteiger partial charge in [-0.15, -0.1) is 0 Å². The summed E-state index contributed by atoms with van der Waals surface area (Å²) >= 11 is 0. The monoisotopic (exact) mass is 390 g/mol. The molecule has 3 aromatic rings. The Kier molecular flexibility index (Phi) is 4.80. The fourth-order valence-electron chi connectivity index (χ4n) is 3.59. The average Bonchev–Trinajstić information content (AvgIpc) is 3.00. The molecule has 3 N–H and O–H groups in total. The van der Waals surface area contributed by atoms with Crippen LogP contribution in [0.3, 0.4) is 0 Å². The molecule has 29 heavy (non-hydrogen) atoms. The van der Waals surface area contributed by atoms with Crippen LogP contribution in [0.5, 0.6) is 0 Å². The highest BCUT2D eigenvalue weighted by Crippen LogP contribution is 2.24. The quantitative estimate of drug-likeness (QED) is 0.639. The van der Waals surface area contributed by atoms with Gasteiger partial charge in [-0.1, -0.05) is 18.2 Å². The van der Waals surface area contributed by atoms with Crippen molar-refractivity contribution < 1.29 is 14.4 Å². The molecule has 1 aromatic heterocycles. The number of urea groups is 1. The van der Waals surface area contributed by atoms with Gasteiger partial charge in [0.15, 0.2) is 0 Å². The molecule has 4 amide bonds. The van der Waals surface area contributed by atoms with Crippen molar-refractivity contribution in [2.75, 3.05) is 11.4 Å². The minimum absolute atomic E-state index is 0.205. The number of carbonyl (C=O) groups is 3. The van der Waals surface area contributed by atoms with Crippen molar-refractivity contribution in [3.63, 3.8) is 0 Å². The fraction of sp³-hybridized carbons (Fsp3) is 0.227. The number of fused-ring (bicyclic) bond motifs is 1. The molecule has 1 saturated heterocycles. The molecular weight excluding hydrogens is 368 g/mol. The first-order valence-electron chi connectivity index (χ1n) is 9.50. The summed E-state index contributed by atoms with van der Waals surface area (Å²) in [4.78, 5) is 41.2. The van der Waals surface area contributed by atoms with Gasteiger partial charge in [0, 0.05) is 36.1 Å². The lowest BCUT2D eigenvalue weighted by Gasteiger charge is -2.28. The number of aryl methyl sites for hydroxylation is 2. The molecule has 0 radical (unpaired) electrons. The number of aromatic amines is 1. The minimum atomic E-state index is -0.509. The second kappa shape index (κ2) is 7.43. The normalized spacial score (nSPS) is 14.2. The van der Waals surface area contributed by atoms with Crippen LogP contribution < -0.4 is 15.5 Å². The van der Waals surface area contributed by atoms with E-state index in [-0.39, 0.29) is 24.8 Å². The zero-order valence-electron chi connectivity index (χ0n) is 16.3. The SMILES string of the molecule is Cc1[nH]c2ccc(CNC(=O)c3ccccc3N3CCC(=O)NC3=O)cc2c1C. The fourth-order valence-corrected chi connectivity index (χ4v) is 3.59. The number of nitrogens with zero attached hydrogens (tertiary/aromatic N) is 1. The van der Waals surface area contributed by atoms with Gasteiger partial charge in [-0.05, 0) is 49.2 Å². The third-order valence-corrected chi connectivity index (χ3v) is 5.32. The van der Waals surface area contributed by atoms with Crippen molar-refractivity contribution in [2.45, 2.75) is 26.8 Å². The maximum Gasteiger partial charge on any atom is 0.328 e. The van der Waals surface area contributed by atoms with Crippen LogP contribution in [-0.4, -0.2) is 29.4 Å². The molecule has 1 aliphatic rings. The molecular formula is C22H22N4O3. The third-order valence-electron chi connectivity index (χ3n) is 5.32. The molecule has 0 aliphatic carbocycles. The number of amides is 4. The molecule has 7 heteroatoms. The van der Waals surface area contributed by atoms with Crippen LogP contribution in [0.4, 0.5) is 10.5 Å². The number of H-pyrrole nitrogens is 1. The van der Waals surface area contributed by atoms with Crippen molar-refractivity contribution in [3.8, 4) is 0 Å². The van der Waals surface area contributed by atoms with Crippen LogP contribution in [0.15, 0.2) is 42.5 Å². The molecule has 0 saturated carbocycles. The van der Waals surface area contributed by atoms with E-state index in [1.807, 2.05) is 19.1 Å². The Morgan fingerprint density at radius 1 is 1.14 bits per heavy atom. The van der Waals surface area contributed by atoms with Crippen LogP contribution in [0.1, 0.15) is 33.6 Å². The van der Waals surface area contributed by atoms with E-state index in [0.29, 0.717) is 17.8 Å². The van der Waals surface area contributed by atoms with Gasteiger partial charge in [-0.25, -0.2) is 4.79 Å². The Labute approximate surface area is 168 Å². The van der Waals surface area contributed by atoms with Crippen molar-refractivity contribution in [1.82, 2.24) is 15.6 Å². The van der Waals surface area contributed by atoms with Gasteiger partial charge in [-0.3, -0.25) is 19.8 Å². The molecule has 1 fully saturated rings. The number of imide groups is 1. The van der Waals surface area contributed by atoms with Crippen molar-refractivity contribution >= 4 is 34.4 Å². The summed E-state index contributed by atoms with van der Waals surface area (Å²) in [6, 6.07) is 12.5. The third kappa shape index (κ3) is 3.59. The summed E-state index contributed by atoms with van der Waals surface area (Å²) in [7, 11) is 0. The topological polar surface area (TPSA) is 94.3 Å². The molecule has 0 unspecified atom stereocenters. The Morgan fingerprint density at radius 3 is 2.72 bits per heavy atom. The molecule has 0 atom stereocenters. The maximum atomic E-state index is 12.8. The smallest absolute Gasteiger partial charge is 0.328 e. The van der Waals surface area contributed by atoms with Gasteiger partial charge >= 0.3 is 6.03 Å². The molecule has 4 rings (SSSR count). The summed E-state index contributed by atoms with van der Waals surface area (Å²) < 4.78 is 0. The van der Waals surface area contributed by atoms with Crippen molar-refractivity contribution in [3.05, 3.63) is 64.8 Å². The van der Waals surface area contributed by atoms with E-state index in [0.717, 1.165) is 22.2 Å². The van der Waals surface area contributed by atoms with Crippen LogP contribution in [0, 0.1) is 13.8 Å². The number of carbonyl (C=O) groups excluding carboxylic acids is 3. The average molecular weight is 390 g/mol. The lowest BCUT2D eigenvalue weighted by Crippen LogP contribution is -2.50. The highest BCUT2D eigenvalue weighted by molar-refractivity contribution is 6.09. The molecule has 2 aromatic carbocycles. The lowest BCUT2D eigenvalue weighted by atomic mass is 10.1. The maximum absolute atomic E-state index is 12.8. The van der Waals surface area contributed by atoms with Gasteiger partial charge in [0.25, 0.3) is 5.91 Å².